The highest BCUT2D eigenvalue weighted by Crippen LogP contribution is 2.38. The van der Waals surface area contributed by atoms with Crippen LogP contribution in [0, 0.1) is 24.2 Å². The van der Waals surface area contributed by atoms with Crippen LogP contribution in [0.5, 0.6) is 0 Å². The number of hydrogen-bond acceptors (Lipinski definition) is 2. The molecule has 1 aliphatic carbocycles. The first-order valence-corrected chi connectivity index (χ1v) is 11.1. The Morgan fingerprint density at radius 2 is 1.71 bits per heavy atom. The van der Waals surface area contributed by atoms with Crippen molar-refractivity contribution in [1.29, 1.82) is 5.26 Å². The van der Waals surface area contributed by atoms with Crippen molar-refractivity contribution >= 4 is 5.57 Å². The topological polar surface area (TPSA) is 35.8 Å². The van der Waals surface area contributed by atoms with Gasteiger partial charge in [-0.2, -0.15) is 5.26 Å². The van der Waals surface area contributed by atoms with E-state index in [2.05, 4.69) is 88.3 Å². The van der Waals surface area contributed by atoms with E-state index in [1.54, 1.807) is 0 Å². The molecule has 0 aliphatic heterocycles. The van der Waals surface area contributed by atoms with E-state index in [4.69, 9.17) is 5.26 Å². The lowest BCUT2D eigenvalue weighted by atomic mass is 9.98. The van der Waals surface area contributed by atoms with Crippen LogP contribution in [0.15, 0.2) is 67.4 Å². The Bertz CT molecular complexity index is 1000. The van der Waals surface area contributed by atoms with Crippen molar-refractivity contribution in [3.8, 4) is 17.2 Å². The highest BCUT2D eigenvalue weighted by atomic mass is 14.9. The maximum Gasteiger partial charge on any atom is 0.0743 e. The Labute approximate surface area is 189 Å². The number of aryl methyl sites for hydroxylation is 1. The van der Waals surface area contributed by atoms with E-state index >= 15 is 0 Å². The fourth-order valence-electron chi connectivity index (χ4n) is 3.91. The van der Waals surface area contributed by atoms with Gasteiger partial charge >= 0.3 is 0 Å². The van der Waals surface area contributed by atoms with Gasteiger partial charge in [-0.1, -0.05) is 79.6 Å². The van der Waals surface area contributed by atoms with Crippen LogP contribution in [-0.2, 0) is 6.42 Å². The third-order valence-electron chi connectivity index (χ3n) is 5.68. The molecule has 0 saturated heterocycles. The minimum absolute atomic E-state index is 0.392. The summed E-state index contributed by atoms with van der Waals surface area (Å²) in [5.74, 6) is 0.600. The first-order valence-electron chi connectivity index (χ1n) is 11.1. The lowest BCUT2D eigenvalue weighted by molar-refractivity contribution is 0.480. The lowest BCUT2D eigenvalue weighted by Crippen LogP contribution is -2.21. The van der Waals surface area contributed by atoms with Crippen molar-refractivity contribution in [3.05, 3.63) is 89.7 Å². The first kappa shape index (κ1) is 24.2. The van der Waals surface area contributed by atoms with Gasteiger partial charge in [0.1, 0.15) is 0 Å². The van der Waals surface area contributed by atoms with E-state index in [0.29, 0.717) is 12.3 Å². The highest BCUT2D eigenvalue weighted by molar-refractivity contribution is 5.79. The van der Waals surface area contributed by atoms with Crippen LogP contribution < -0.4 is 5.32 Å². The Morgan fingerprint density at radius 1 is 1.06 bits per heavy atom. The minimum Gasteiger partial charge on any atom is -0.388 e. The normalized spacial score (nSPS) is 11.8. The van der Waals surface area contributed by atoms with Gasteiger partial charge in [-0.25, -0.2) is 0 Å². The third kappa shape index (κ3) is 7.00. The average Bonchev–Trinajstić information content (AvgIpc) is 3.08. The molecule has 0 bridgehead atoms. The summed E-state index contributed by atoms with van der Waals surface area (Å²) in [7, 11) is 0. The number of fused-ring (bicyclic) bond motifs is 3. The smallest absolute Gasteiger partial charge is 0.0743 e. The molecule has 1 unspecified atom stereocenters. The number of allylic oxidation sites excluding steroid dienone is 3. The molecular weight excluding hydrogens is 376 g/mol. The van der Waals surface area contributed by atoms with Crippen molar-refractivity contribution in [3.63, 3.8) is 0 Å². The number of nitrogens with one attached hydrogen (secondary N) is 1. The van der Waals surface area contributed by atoms with Gasteiger partial charge < -0.3 is 5.32 Å². The Balaban J connectivity index is 0.000000226. The van der Waals surface area contributed by atoms with Gasteiger partial charge in [0.05, 0.1) is 12.5 Å². The van der Waals surface area contributed by atoms with Crippen molar-refractivity contribution < 1.29 is 0 Å². The number of hydrogen-bond donors (Lipinski definition) is 1. The Kier molecular flexibility index (Phi) is 8.88. The fraction of sp³-hybridized carbons (Fsp3) is 0.345. The molecule has 0 spiro atoms. The highest BCUT2D eigenvalue weighted by Gasteiger charge is 2.18. The molecule has 0 amide bonds. The maximum atomic E-state index is 8.44. The second-order valence-electron chi connectivity index (χ2n) is 8.74. The molecule has 1 atom stereocenters. The van der Waals surface area contributed by atoms with Gasteiger partial charge in [0.25, 0.3) is 0 Å². The molecule has 1 aliphatic rings. The zero-order valence-corrected chi connectivity index (χ0v) is 19.6. The quantitative estimate of drug-likeness (QED) is 0.387. The second kappa shape index (κ2) is 11.4. The third-order valence-corrected chi connectivity index (χ3v) is 5.68. The molecular formula is C29H36N2. The maximum absolute atomic E-state index is 8.44. The van der Waals surface area contributed by atoms with Crippen molar-refractivity contribution in [2.75, 3.05) is 6.54 Å². The van der Waals surface area contributed by atoms with E-state index in [1.807, 2.05) is 6.92 Å². The SMILES string of the molecule is C=C(C)CC(CC)CNC(=C)CC#N.C=C(C)c1ccc2c(c1)Cc1cc(C)ccc1-2. The monoisotopic (exact) mass is 412 g/mol. The summed E-state index contributed by atoms with van der Waals surface area (Å²) in [6.45, 7) is 21.0. The predicted octanol–water partition coefficient (Wildman–Crippen LogP) is 7.60. The van der Waals surface area contributed by atoms with E-state index in [-0.39, 0.29) is 0 Å². The first-order chi connectivity index (χ1) is 14.7. The predicted molar refractivity (Wildman–Crippen MR) is 135 cm³/mol. The van der Waals surface area contributed by atoms with Gasteiger partial charge in [0.2, 0.25) is 0 Å². The van der Waals surface area contributed by atoms with Gasteiger partial charge in [-0.15, -0.1) is 6.58 Å². The Hall–Kier alpha value is -3.05. The van der Waals surface area contributed by atoms with Crippen LogP contribution in [0.4, 0.5) is 0 Å². The van der Waals surface area contributed by atoms with E-state index < -0.39 is 0 Å². The summed E-state index contributed by atoms with van der Waals surface area (Å²) in [4.78, 5) is 0. The van der Waals surface area contributed by atoms with Gasteiger partial charge in [-0.3, -0.25) is 0 Å². The zero-order chi connectivity index (χ0) is 23.0. The Morgan fingerprint density at radius 3 is 2.29 bits per heavy atom. The molecule has 2 nitrogen and oxygen atoms in total. The van der Waals surface area contributed by atoms with Crippen molar-refractivity contribution in [1.82, 2.24) is 5.32 Å². The molecule has 3 rings (SSSR count). The summed E-state index contributed by atoms with van der Waals surface area (Å²) in [6.07, 6.45) is 3.62. The van der Waals surface area contributed by atoms with Crippen molar-refractivity contribution in [2.45, 2.75) is 53.4 Å². The van der Waals surface area contributed by atoms with E-state index in [0.717, 1.165) is 37.1 Å². The van der Waals surface area contributed by atoms with Crippen LogP contribution >= 0.6 is 0 Å². The van der Waals surface area contributed by atoms with Gasteiger partial charge in [0.15, 0.2) is 0 Å². The standard InChI is InChI=1S/C17H16.C12H20N2/c1-11(2)13-5-7-17-15(9-13)10-14-8-12(3)4-6-16(14)17;1-5-12(8-10(2)3)9-14-11(4)6-7-13/h4-9H,1,10H2,2-3H3;12,14H,2,4-6,8-9H2,1,3H3. The molecule has 2 aromatic carbocycles. The van der Waals surface area contributed by atoms with Crippen LogP contribution in [0.25, 0.3) is 16.7 Å². The molecule has 0 radical (unpaired) electrons. The number of nitrogens with zero attached hydrogens (tertiary/aromatic N) is 1. The average molecular weight is 413 g/mol. The van der Waals surface area contributed by atoms with Gasteiger partial charge in [0, 0.05) is 12.2 Å². The van der Waals surface area contributed by atoms with Crippen molar-refractivity contribution in [2.24, 2.45) is 5.92 Å². The molecule has 162 valence electrons. The molecule has 0 aromatic heterocycles. The minimum atomic E-state index is 0.392. The van der Waals surface area contributed by atoms with Crippen LogP contribution in [0.3, 0.4) is 0 Å². The molecule has 2 heteroatoms. The molecule has 0 saturated carbocycles. The number of nitriles is 1. The summed E-state index contributed by atoms with van der Waals surface area (Å²) < 4.78 is 0. The van der Waals surface area contributed by atoms with Crippen LogP contribution in [-0.4, -0.2) is 6.54 Å². The summed E-state index contributed by atoms with van der Waals surface area (Å²) in [5, 5.41) is 11.6. The van der Waals surface area contributed by atoms with Crippen LogP contribution in [0.2, 0.25) is 0 Å². The second-order valence-corrected chi connectivity index (χ2v) is 8.74. The molecule has 2 aromatic rings. The summed E-state index contributed by atoms with van der Waals surface area (Å²) in [6, 6.07) is 15.5. The summed E-state index contributed by atoms with van der Waals surface area (Å²) in [5.41, 5.74) is 11.5. The molecule has 0 fully saturated rings. The molecule has 0 heterocycles. The van der Waals surface area contributed by atoms with Gasteiger partial charge in [-0.05, 0) is 67.3 Å². The summed E-state index contributed by atoms with van der Waals surface area (Å²) >= 11 is 0. The van der Waals surface area contributed by atoms with E-state index in [1.165, 1.54) is 39.0 Å². The molecule has 1 N–H and O–H groups in total. The van der Waals surface area contributed by atoms with E-state index in [9.17, 15) is 0 Å². The lowest BCUT2D eigenvalue weighted by Gasteiger charge is -2.16. The number of rotatable bonds is 8. The number of benzene rings is 2. The zero-order valence-electron chi connectivity index (χ0n) is 19.6. The van der Waals surface area contributed by atoms with Crippen LogP contribution in [0.1, 0.15) is 62.3 Å². The fourth-order valence-corrected chi connectivity index (χ4v) is 3.91. The largest absolute Gasteiger partial charge is 0.388 e. The molecule has 31 heavy (non-hydrogen) atoms.